The monoisotopic (exact) mass is 294 g/mol. The van der Waals surface area contributed by atoms with E-state index in [2.05, 4.69) is 17.6 Å². The summed E-state index contributed by atoms with van der Waals surface area (Å²) in [5.74, 6) is 0.863. The molecule has 3 nitrogen and oxygen atoms in total. The predicted octanol–water partition coefficient (Wildman–Crippen LogP) is 3.09. The van der Waals surface area contributed by atoms with Crippen molar-refractivity contribution in [1.82, 2.24) is 10.6 Å². The smallest absolute Gasteiger partial charge is 0.0471 e. The summed E-state index contributed by atoms with van der Waals surface area (Å²) in [6, 6.07) is 1.52. The van der Waals surface area contributed by atoms with Crippen LogP contribution >= 0.6 is 0 Å². The van der Waals surface area contributed by atoms with E-state index in [0.717, 1.165) is 31.2 Å². The Hall–Kier alpha value is -0.120. The van der Waals surface area contributed by atoms with Crippen LogP contribution in [0.15, 0.2) is 0 Å². The third-order valence-electron chi connectivity index (χ3n) is 6.18. The van der Waals surface area contributed by atoms with Crippen LogP contribution in [-0.4, -0.2) is 38.4 Å². The Bertz CT molecular complexity index is 308. The SMILES string of the molecule is CC1(CNC2CCCCC2C2CCCCN2)CCOCC1. The minimum Gasteiger partial charge on any atom is -0.381 e. The number of piperidine rings is 1. The fourth-order valence-corrected chi connectivity index (χ4v) is 4.56. The molecule has 2 saturated heterocycles. The van der Waals surface area contributed by atoms with Gasteiger partial charge < -0.3 is 15.4 Å². The molecule has 3 unspecified atom stereocenters. The fourth-order valence-electron chi connectivity index (χ4n) is 4.56. The molecule has 21 heavy (non-hydrogen) atoms. The maximum Gasteiger partial charge on any atom is 0.0471 e. The van der Waals surface area contributed by atoms with Crippen molar-refractivity contribution in [1.29, 1.82) is 0 Å². The first-order valence-electron chi connectivity index (χ1n) is 9.31. The van der Waals surface area contributed by atoms with E-state index in [0.29, 0.717) is 5.41 Å². The first kappa shape index (κ1) is 15.8. The highest BCUT2D eigenvalue weighted by Gasteiger charge is 2.34. The van der Waals surface area contributed by atoms with Gasteiger partial charge >= 0.3 is 0 Å². The van der Waals surface area contributed by atoms with Crippen LogP contribution in [0.5, 0.6) is 0 Å². The van der Waals surface area contributed by atoms with Crippen molar-refractivity contribution >= 4 is 0 Å². The molecule has 3 aliphatic rings. The molecule has 0 amide bonds. The zero-order valence-corrected chi connectivity index (χ0v) is 13.8. The van der Waals surface area contributed by atoms with Gasteiger partial charge in [-0.2, -0.15) is 0 Å². The summed E-state index contributed by atoms with van der Waals surface area (Å²) in [4.78, 5) is 0. The van der Waals surface area contributed by atoms with E-state index in [4.69, 9.17) is 4.74 Å². The lowest BCUT2D eigenvalue weighted by Gasteiger charge is -2.42. The van der Waals surface area contributed by atoms with Crippen LogP contribution in [0.3, 0.4) is 0 Å². The van der Waals surface area contributed by atoms with E-state index in [1.54, 1.807) is 0 Å². The second kappa shape index (κ2) is 7.43. The van der Waals surface area contributed by atoms with Crippen LogP contribution in [0.25, 0.3) is 0 Å². The molecular formula is C18H34N2O. The van der Waals surface area contributed by atoms with Gasteiger partial charge in [-0.3, -0.25) is 0 Å². The Morgan fingerprint density at radius 1 is 1.05 bits per heavy atom. The molecule has 2 heterocycles. The van der Waals surface area contributed by atoms with Crippen LogP contribution < -0.4 is 10.6 Å². The molecule has 0 radical (unpaired) electrons. The van der Waals surface area contributed by atoms with Crippen molar-refractivity contribution < 1.29 is 4.74 Å². The van der Waals surface area contributed by atoms with Gasteiger partial charge in [-0.05, 0) is 56.4 Å². The maximum absolute atomic E-state index is 5.54. The van der Waals surface area contributed by atoms with Gasteiger partial charge in [-0.25, -0.2) is 0 Å². The highest BCUT2D eigenvalue weighted by molar-refractivity contribution is 4.92. The summed E-state index contributed by atoms with van der Waals surface area (Å²) in [6.07, 6.45) is 12.3. The molecule has 0 spiro atoms. The summed E-state index contributed by atoms with van der Waals surface area (Å²) in [7, 11) is 0. The minimum atomic E-state index is 0.459. The van der Waals surface area contributed by atoms with Gasteiger partial charge in [0.15, 0.2) is 0 Å². The standard InChI is InChI=1S/C18H34N2O/c1-18(9-12-21-13-10-18)14-20-17-7-3-2-6-15(17)16-8-4-5-11-19-16/h15-17,19-20H,2-14H2,1H3. The van der Waals surface area contributed by atoms with Gasteiger partial charge in [0.1, 0.15) is 0 Å². The molecule has 0 bridgehead atoms. The lowest BCUT2D eigenvalue weighted by atomic mass is 9.76. The van der Waals surface area contributed by atoms with E-state index in [1.165, 1.54) is 70.9 Å². The zero-order valence-electron chi connectivity index (χ0n) is 13.8. The van der Waals surface area contributed by atoms with Crippen molar-refractivity contribution in [2.24, 2.45) is 11.3 Å². The molecule has 1 saturated carbocycles. The molecule has 2 aliphatic heterocycles. The second-order valence-corrected chi connectivity index (χ2v) is 7.92. The molecular weight excluding hydrogens is 260 g/mol. The van der Waals surface area contributed by atoms with Gasteiger partial charge in [0, 0.05) is 31.8 Å². The number of hydrogen-bond donors (Lipinski definition) is 2. The Morgan fingerprint density at radius 3 is 2.57 bits per heavy atom. The molecule has 1 aliphatic carbocycles. The normalized spacial score (nSPS) is 37.3. The third-order valence-corrected chi connectivity index (χ3v) is 6.18. The van der Waals surface area contributed by atoms with Crippen LogP contribution in [0, 0.1) is 11.3 Å². The molecule has 3 rings (SSSR count). The summed E-state index contributed by atoms with van der Waals surface area (Å²) < 4.78 is 5.54. The lowest BCUT2D eigenvalue weighted by Crippen LogP contribution is -2.52. The summed E-state index contributed by atoms with van der Waals surface area (Å²) in [5.41, 5.74) is 0.459. The summed E-state index contributed by atoms with van der Waals surface area (Å²) in [6.45, 7) is 6.78. The van der Waals surface area contributed by atoms with Crippen molar-refractivity contribution in [3.63, 3.8) is 0 Å². The zero-order chi connectivity index (χ0) is 14.5. The van der Waals surface area contributed by atoms with Crippen LogP contribution in [0.2, 0.25) is 0 Å². The minimum absolute atomic E-state index is 0.459. The average molecular weight is 294 g/mol. The molecule has 0 aromatic heterocycles. The van der Waals surface area contributed by atoms with E-state index in [1.807, 2.05) is 0 Å². The fraction of sp³-hybridized carbons (Fsp3) is 1.00. The Morgan fingerprint density at radius 2 is 1.81 bits per heavy atom. The first-order chi connectivity index (χ1) is 10.3. The average Bonchev–Trinajstić information content (AvgIpc) is 2.55. The van der Waals surface area contributed by atoms with Crippen molar-refractivity contribution in [2.75, 3.05) is 26.3 Å². The quantitative estimate of drug-likeness (QED) is 0.836. The van der Waals surface area contributed by atoms with Crippen molar-refractivity contribution in [3.8, 4) is 0 Å². The maximum atomic E-state index is 5.54. The van der Waals surface area contributed by atoms with Crippen molar-refractivity contribution in [2.45, 2.75) is 76.8 Å². The Balaban J connectivity index is 1.53. The molecule has 3 fully saturated rings. The molecule has 3 heteroatoms. The van der Waals surface area contributed by atoms with Gasteiger partial charge in [0.05, 0.1) is 0 Å². The number of hydrogen-bond acceptors (Lipinski definition) is 3. The van der Waals surface area contributed by atoms with E-state index in [9.17, 15) is 0 Å². The van der Waals surface area contributed by atoms with Crippen LogP contribution in [-0.2, 0) is 4.74 Å². The predicted molar refractivity (Wildman–Crippen MR) is 87.6 cm³/mol. The van der Waals surface area contributed by atoms with E-state index < -0.39 is 0 Å². The largest absolute Gasteiger partial charge is 0.381 e. The highest BCUT2D eigenvalue weighted by atomic mass is 16.5. The van der Waals surface area contributed by atoms with Gasteiger partial charge in [0.2, 0.25) is 0 Å². The van der Waals surface area contributed by atoms with E-state index in [-0.39, 0.29) is 0 Å². The Labute approximate surface area is 130 Å². The number of rotatable bonds is 4. The number of nitrogens with one attached hydrogen (secondary N) is 2. The molecule has 2 N–H and O–H groups in total. The van der Waals surface area contributed by atoms with Gasteiger partial charge in [-0.1, -0.05) is 26.2 Å². The Kier molecular flexibility index (Phi) is 5.58. The summed E-state index contributed by atoms with van der Waals surface area (Å²) >= 11 is 0. The molecule has 0 aromatic rings. The van der Waals surface area contributed by atoms with Crippen LogP contribution in [0.1, 0.15) is 64.7 Å². The first-order valence-corrected chi connectivity index (χ1v) is 9.31. The second-order valence-electron chi connectivity index (χ2n) is 7.92. The lowest BCUT2D eigenvalue weighted by molar-refractivity contribution is 0.0202. The topological polar surface area (TPSA) is 33.3 Å². The van der Waals surface area contributed by atoms with Crippen molar-refractivity contribution in [3.05, 3.63) is 0 Å². The molecule has 3 atom stereocenters. The van der Waals surface area contributed by atoms with Crippen LogP contribution in [0.4, 0.5) is 0 Å². The molecule has 0 aromatic carbocycles. The van der Waals surface area contributed by atoms with Gasteiger partial charge in [0.25, 0.3) is 0 Å². The molecule has 122 valence electrons. The summed E-state index contributed by atoms with van der Waals surface area (Å²) in [5, 5.41) is 7.79. The highest BCUT2D eigenvalue weighted by Crippen LogP contribution is 2.33. The number of ether oxygens (including phenoxy) is 1. The van der Waals surface area contributed by atoms with E-state index >= 15 is 0 Å². The van der Waals surface area contributed by atoms with Gasteiger partial charge in [-0.15, -0.1) is 0 Å². The third kappa shape index (κ3) is 4.20.